The van der Waals surface area contributed by atoms with E-state index in [2.05, 4.69) is 9.97 Å². The van der Waals surface area contributed by atoms with E-state index >= 15 is 0 Å². The van der Waals surface area contributed by atoms with Crippen LogP contribution in [0.3, 0.4) is 0 Å². The Morgan fingerprint density at radius 3 is 2.45 bits per heavy atom. The van der Waals surface area contributed by atoms with Crippen LogP contribution in [0.1, 0.15) is 47.3 Å². The van der Waals surface area contributed by atoms with Crippen LogP contribution in [0.15, 0.2) is 48.8 Å². The molecule has 1 fully saturated rings. The zero-order valence-electron chi connectivity index (χ0n) is 17.9. The summed E-state index contributed by atoms with van der Waals surface area (Å²) >= 11 is 0. The molecule has 1 saturated carbocycles. The monoisotopic (exact) mass is 456 g/mol. The minimum atomic E-state index is -0.979. The molecule has 2 heterocycles. The molecule has 0 amide bonds. The number of aliphatic hydroxyl groups is 2. The molecule has 2 aromatic heterocycles. The van der Waals surface area contributed by atoms with Gasteiger partial charge in [-0.15, -0.1) is 0 Å². The highest BCUT2D eigenvalue weighted by molar-refractivity contribution is 5.96. The van der Waals surface area contributed by atoms with Gasteiger partial charge in [0.15, 0.2) is 5.78 Å². The predicted octanol–water partition coefficient (Wildman–Crippen LogP) is 4.22. The Labute approximate surface area is 189 Å². The quantitative estimate of drug-likeness (QED) is 0.562. The van der Waals surface area contributed by atoms with E-state index in [-0.39, 0.29) is 24.0 Å². The Bertz CT molecular complexity index is 1160. The molecule has 0 radical (unpaired) electrons. The van der Waals surface area contributed by atoms with E-state index < -0.39 is 46.7 Å². The molecule has 0 spiro atoms. The van der Waals surface area contributed by atoms with Gasteiger partial charge in [-0.2, -0.15) is 0 Å². The summed E-state index contributed by atoms with van der Waals surface area (Å²) in [5, 5.41) is 20.2. The summed E-state index contributed by atoms with van der Waals surface area (Å²) in [6.45, 7) is 1.86. The second kappa shape index (κ2) is 9.41. The molecule has 2 N–H and O–H groups in total. The van der Waals surface area contributed by atoms with Crippen LogP contribution in [0.4, 0.5) is 13.2 Å². The van der Waals surface area contributed by atoms with Gasteiger partial charge in [0.05, 0.1) is 17.8 Å². The second-order valence-electron chi connectivity index (χ2n) is 8.50. The van der Waals surface area contributed by atoms with Crippen molar-refractivity contribution in [1.29, 1.82) is 0 Å². The summed E-state index contributed by atoms with van der Waals surface area (Å²) in [4.78, 5) is 21.0. The number of carbonyl (C=O) groups is 1. The maximum absolute atomic E-state index is 14.4. The van der Waals surface area contributed by atoms with Gasteiger partial charge in [-0.05, 0) is 66.1 Å². The van der Waals surface area contributed by atoms with Crippen molar-refractivity contribution in [3.8, 4) is 11.3 Å². The normalized spacial score (nSPS) is 22.8. The Morgan fingerprint density at radius 2 is 1.76 bits per heavy atom. The summed E-state index contributed by atoms with van der Waals surface area (Å²) in [5.74, 6) is -3.56. The van der Waals surface area contributed by atoms with Crippen LogP contribution in [-0.4, -0.2) is 38.2 Å². The van der Waals surface area contributed by atoms with Gasteiger partial charge in [-0.25, -0.2) is 18.2 Å². The molecule has 0 aliphatic heterocycles. The van der Waals surface area contributed by atoms with Gasteiger partial charge in [0.2, 0.25) is 0 Å². The number of aliphatic hydroxyl groups excluding tert-OH is 2. The van der Waals surface area contributed by atoms with E-state index in [9.17, 15) is 28.2 Å². The van der Waals surface area contributed by atoms with E-state index in [1.807, 2.05) is 6.92 Å². The molecular formula is C25H23F3N2O3. The maximum Gasteiger partial charge on any atom is 0.185 e. The van der Waals surface area contributed by atoms with Crippen LogP contribution in [0.5, 0.6) is 0 Å². The third-order valence-electron chi connectivity index (χ3n) is 6.22. The van der Waals surface area contributed by atoms with Crippen LogP contribution in [0, 0.1) is 23.4 Å². The number of benzene rings is 1. The third-order valence-corrected chi connectivity index (χ3v) is 6.22. The van der Waals surface area contributed by atoms with Gasteiger partial charge in [-0.3, -0.25) is 9.78 Å². The van der Waals surface area contributed by atoms with Gasteiger partial charge >= 0.3 is 0 Å². The Morgan fingerprint density at radius 1 is 1.03 bits per heavy atom. The number of pyridine rings is 2. The van der Waals surface area contributed by atoms with Crippen molar-refractivity contribution in [2.24, 2.45) is 5.92 Å². The smallest absolute Gasteiger partial charge is 0.185 e. The summed E-state index contributed by atoms with van der Waals surface area (Å²) in [5.41, 5.74) is 0.125. The molecule has 172 valence electrons. The zero-order chi connectivity index (χ0) is 23.7. The molecule has 0 saturated heterocycles. The van der Waals surface area contributed by atoms with Crippen LogP contribution >= 0.6 is 0 Å². The molecule has 0 unspecified atom stereocenters. The summed E-state index contributed by atoms with van der Waals surface area (Å²) in [7, 11) is 0. The lowest BCUT2D eigenvalue weighted by atomic mass is 9.74. The average molecular weight is 456 g/mol. The summed E-state index contributed by atoms with van der Waals surface area (Å²) < 4.78 is 42.7. The van der Waals surface area contributed by atoms with Gasteiger partial charge in [-0.1, -0.05) is 13.0 Å². The topological polar surface area (TPSA) is 83.3 Å². The molecule has 4 rings (SSSR count). The molecule has 0 bridgehead atoms. The fraction of sp³-hybridized carbons (Fsp3) is 0.320. The number of carbonyl (C=O) groups excluding carboxylic acids is 1. The number of hydrogen-bond donors (Lipinski definition) is 2. The summed E-state index contributed by atoms with van der Waals surface area (Å²) in [6.07, 6.45) is 2.36. The van der Waals surface area contributed by atoms with Gasteiger partial charge < -0.3 is 10.2 Å². The largest absolute Gasteiger partial charge is 0.390 e. The van der Waals surface area contributed by atoms with Crippen molar-refractivity contribution >= 4 is 5.78 Å². The molecule has 4 atom stereocenters. The van der Waals surface area contributed by atoms with Crippen molar-refractivity contribution < 1.29 is 28.2 Å². The molecule has 33 heavy (non-hydrogen) atoms. The lowest BCUT2D eigenvalue weighted by Gasteiger charge is -2.36. The van der Waals surface area contributed by atoms with E-state index in [1.54, 1.807) is 18.5 Å². The van der Waals surface area contributed by atoms with Gasteiger partial charge in [0.25, 0.3) is 0 Å². The molecule has 5 nitrogen and oxygen atoms in total. The lowest BCUT2D eigenvalue weighted by Crippen LogP contribution is -2.39. The van der Waals surface area contributed by atoms with Crippen molar-refractivity contribution in [1.82, 2.24) is 9.97 Å². The highest BCUT2D eigenvalue weighted by Gasteiger charge is 2.34. The van der Waals surface area contributed by atoms with Gasteiger partial charge in [0, 0.05) is 18.8 Å². The van der Waals surface area contributed by atoms with Crippen molar-refractivity contribution in [3.63, 3.8) is 0 Å². The maximum atomic E-state index is 14.4. The number of nitrogens with zero attached hydrogens (tertiary/aromatic N) is 2. The number of hydrogen-bond acceptors (Lipinski definition) is 5. The zero-order valence-corrected chi connectivity index (χ0v) is 17.9. The second-order valence-corrected chi connectivity index (χ2v) is 8.50. The fourth-order valence-corrected chi connectivity index (χ4v) is 4.49. The van der Waals surface area contributed by atoms with E-state index in [4.69, 9.17) is 0 Å². The summed E-state index contributed by atoms with van der Waals surface area (Å²) in [6, 6.07) is 7.07. The standard InChI is InChI=1S/C25H23F3N2O3/c1-13-9-14(10-22(32)25(13)33)16-7-8-29-12-15(16)11-21(31)20-6-5-19(28)24(30-20)23-17(26)3-2-4-18(23)27/h2-8,12-14,22,25,32-33H,9-11H2,1H3/t13-,14+,22+,25+/m0/s1. The molecule has 1 aliphatic carbocycles. The molecular weight excluding hydrogens is 433 g/mol. The highest BCUT2D eigenvalue weighted by Crippen LogP contribution is 2.38. The number of ketones is 1. The van der Waals surface area contributed by atoms with Crippen molar-refractivity contribution in [2.75, 3.05) is 0 Å². The predicted molar refractivity (Wildman–Crippen MR) is 115 cm³/mol. The SMILES string of the molecule is C[C@H]1C[C@@H](c2ccncc2CC(=O)c2ccc(F)c(-c3c(F)cccc3F)n2)C[C@@H](O)[C@@H]1O. The average Bonchev–Trinajstić information content (AvgIpc) is 2.78. The van der Waals surface area contributed by atoms with E-state index in [1.165, 1.54) is 6.07 Å². The van der Waals surface area contributed by atoms with Crippen molar-refractivity contribution in [2.45, 2.75) is 44.3 Å². The fourth-order valence-electron chi connectivity index (χ4n) is 4.49. The van der Waals surface area contributed by atoms with E-state index in [0.717, 1.165) is 29.8 Å². The van der Waals surface area contributed by atoms with Crippen LogP contribution in [0.2, 0.25) is 0 Å². The molecule has 1 aromatic carbocycles. The number of aromatic nitrogens is 2. The number of Topliss-reactive ketones (excluding diaryl/α,β-unsaturated/α-hetero) is 1. The Balaban J connectivity index is 1.63. The minimum Gasteiger partial charge on any atom is -0.390 e. The third kappa shape index (κ3) is 4.67. The first-order valence-corrected chi connectivity index (χ1v) is 10.7. The first kappa shape index (κ1) is 23.1. The Hall–Kier alpha value is -3.10. The number of rotatable bonds is 5. The minimum absolute atomic E-state index is 0.0755. The first-order valence-electron chi connectivity index (χ1n) is 10.7. The van der Waals surface area contributed by atoms with Crippen molar-refractivity contribution in [3.05, 3.63) is 83.1 Å². The molecule has 8 heteroatoms. The van der Waals surface area contributed by atoms with Gasteiger partial charge in [0.1, 0.15) is 28.8 Å². The van der Waals surface area contributed by atoms with E-state index in [0.29, 0.717) is 18.4 Å². The van der Waals surface area contributed by atoms with Crippen LogP contribution in [-0.2, 0) is 6.42 Å². The number of halogens is 3. The van der Waals surface area contributed by atoms with Crippen LogP contribution in [0.25, 0.3) is 11.3 Å². The lowest BCUT2D eigenvalue weighted by molar-refractivity contribution is -0.0457. The first-order chi connectivity index (χ1) is 15.8. The Kier molecular flexibility index (Phi) is 6.58. The van der Waals surface area contributed by atoms with Crippen LogP contribution < -0.4 is 0 Å². The highest BCUT2D eigenvalue weighted by atomic mass is 19.1. The molecule has 3 aromatic rings. The molecule has 1 aliphatic rings.